The maximum absolute atomic E-state index is 11.0. The van der Waals surface area contributed by atoms with Gasteiger partial charge in [0.2, 0.25) is 5.91 Å². The van der Waals surface area contributed by atoms with Gasteiger partial charge in [0.05, 0.1) is 11.7 Å². The SMILES string of the molecule is CC(O)C1CCN(Cc2cc(C(N)=O)cs2)C1. The second-order valence-electron chi connectivity index (χ2n) is 4.69. The Labute approximate surface area is 105 Å². The second kappa shape index (κ2) is 5.16. The van der Waals surface area contributed by atoms with Crippen molar-refractivity contribution in [3.05, 3.63) is 21.9 Å². The van der Waals surface area contributed by atoms with Gasteiger partial charge >= 0.3 is 0 Å². The van der Waals surface area contributed by atoms with Crippen LogP contribution in [0.1, 0.15) is 28.6 Å². The summed E-state index contributed by atoms with van der Waals surface area (Å²) in [4.78, 5) is 14.4. The summed E-state index contributed by atoms with van der Waals surface area (Å²) in [5.74, 6) is 0.0151. The van der Waals surface area contributed by atoms with Crippen molar-refractivity contribution in [1.82, 2.24) is 4.90 Å². The molecule has 0 bridgehead atoms. The Balaban J connectivity index is 1.91. The summed E-state index contributed by atoms with van der Waals surface area (Å²) >= 11 is 1.57. The smallest absolute Gasteiger partial charge is 0.249 e. The van der Waals surface area contributed by atoms with E-state index >= 15 is 0 Å². The summed E-state index contributed by atoms with van der Waals surface area (Å²) in [5.41, 5.74) is 5.81. The minimum Gasteiger partial charge on any atom is -0.393 e. The van der Waals surface area contributed by atoms with E-state index in [1.807, 2.05) is 13.0 Å². The van der Waals surface area contributed by atoms with Gasteiger partial charge in [0.15, 0.2) is 0 Å². The van der Waals surface area contributed by atoms with Crippen molar-refractivity contribution in [1.29, 1.82) is 0 Å². The molecule has 2 heterocycles. The van der Waals surface area contributed by atoms with Crippen LogP contribution in [-0.2, 0) is 6.54 Å². The third-order valence-corrected chi connectivity index (χ3v) is 4.23. The highest BCUT2D eigenvalue weighted by molar-refractivity contribution is 7.10. The molecule has 1 fully saturated rings. The largest absolute Gasteiger partial charge is 0.393 e. The van der Waals surface area contributed by atoms with Crippen LogP contribution >= 0.6 is 11.3 Å². The number of rotatable bonds is 4. The standard InChI is InChI=1S/C12H18N2O2S/c1-8(15)9-2-3-14(5-9)6-11-4-10(7-17-11)12(13)16/h4,7-9,15H,2-3,5-6H2,1H3,(H2,13,16). The highest BCUT2D eigenvalue weighted by atomic mass is 32.1. The minimum atomic E-state index is -0.365. The molecule has 2 unspecified atom stereocenters. The topological polar surface area (TPSA) is 66.6 Å². The Morgan fingerprint density at radius 1 is 1.76 bits per heavy atom. The monoisotopic (exact) mass is 254 g/mol. The minimum absolute atomic E-state index is 0.232. The molecular formula is C12H18N2O2S. The van der Waals surface area contributed by atoms with E-state index in [1.54, 1.807) is 16.7 Å². The van der Waals surface area contributed by atoms with Crippen LogP contribution in [0.15, 0.2) is 11.4 Å². The lowest BCUT2D eigenvalue weighted by atomic mass is 10.0. The average Bonchev–Trinajstić information content (AvgIpc) is 2.87. The number of carbonyl (C=O) groups is 1. The molecular weight excluding hydrogens is 236 g/mol. The average molecular weight is 254 g/mol. The molecule has 1 aliphatic heterocycles. The maximum Gasteiger partial charge on any atom is 0.249 e. The lowest BCUT2D eigenvalue weighted by molar-refractivity contribution is 0.100. The Kier molecular flexibility index (Phi) is 3.81. The fraction of sp³-hybridized carbons (Fsp3) is 0.583. The quantitative estimate of drug-likeness (QED) is 0.844. The number of hydrogen-bond acceptors (Lipinski definition) is 4. The van der Waals surface area contributed by atoms with Gasteiger partial charge in [0.25, 0.3) is 0 Å². The Bertz CT molecular complexity index is 403. The van der Waals surface area contributed by atoms with Crippen LogP contribution in [0.25, 0.3) is 0 Å². The molecule has 1 aromatic rings. The number of hydrogen-bond donors (Lipinski definition) is 2. The van der Waals surface area contributed by atoms with Crippen LogP contribution < -0.4 is 5.73 Å². The number of thiophene rings is 1. The van der Waals surface area contributed by atoms with Crippen LogP contribution in [0.4, 0.5) is 0 Å². The predicted molar refractivity (Wildman–Crippen MR) is 67.9 cm³/mol. The van der Waals surface area contributed by atoms with Crippen molar-refractivity contribution in [2.24, 2.45) is 11.7 Å². The van der Waals surface area contributed by atoms with Crippen molar-refractivity contribution >= 4 is 17.2 Å². The van der Waals surface area contributed by atoms with Crippen LogP contribution in [0.5, 0.6) is 0 Å². The third kappa shape index (κ3) is 3.06. The van der Waals surface area contributed by atoms with Gasteiger partial charge in [-0.05, 0) is 31.9 Å². The number of nitrogens with two attached hydrogens (primary N) is 1. The molecule has 2 atom stereocenters. The summed E-state index contributed by atoms with van der Waals surface area (Å²) in [7, 11) is 0. The summed E-state index contributed by atoms with van der Waals surface area (Å²) in [6, 6.07) is 1.86. The molecule has 0 saturated carbocycles. The van der Waals surface area contributed by atoms with E-state index in [0.29, 0.717) is 11.5 Å². The molecule has 0 aliphatic carbocycles. The lowest BCUT2D eigenvalue weighted by Gasteiger charge is -2.16. The van der Waals surface area contributed by atoms with Gasteiger partial charge in [-0.2, -0.15) is 0 Å². The number of amides is 1. The molecule has 5 heteroatoms. The van der Waals surface area contributed by atoms with Gasteiger partial charge in [-0.15, -0.1) is 11.3 Å². The van der Waals surface area contributed by atoms with Crippen molar-refractivity contribution in [3.63, 3.8) is 0 Å². The normalized spacial score (nSPS) is 22.8. The number of likely N-dealkylation sites (tertiary alicyclic amines) is 1. The van der Waals surface area contributed by atoms with Crippen molar-refractivity contribution < 1.29 is 9.90 Å². The van der Waals surface area contributed by atoms with E-state index in [1.165, 1.54) is 0 Å². The lowest BCUT2D eigenvalue weighted by Crippen LogP contribution is -2.23. The molecule has 0 radical (unpaired) electrons. The molecule has 0 spiro atoms. The number of aliphatic hydroxyl groups excluding tert-OH is 1. The fourth-order valence-electron chi connectivity index (χ4n) is 2.21. The van der Waals surface area contributed by atoms with Crippen LogP contribution in [0.2, 0.25) is 0 Å². The first-order valence-electron chi connectivity index (χ1n) is 5.84. The van der Waals surface area contributed by atoms with Gasteiger partial charge in [0.1, 0.15) is 0 Å². The van der Waals surface area contributed by atoms with E-state index in [-0.39, 0.29) is 12.0 Å². The summed E-state index contributed by atoms with van der Waals surface area (Å²) < 4.78 is 0. The zero-order valence-corrected chi connectivity index (χ0v) is 10.7. The zero-order chi connectivity index (χ0) is 12.4. The van der Waals surface area contributed by atoms with Gasteiger partial charge in [0, 0.05) is 23.3 Å². The van der Waals surface area contributed by atoms with E-state index in [2.05, 4.69) is 4.90 Å². The highest BCUT2D eigenvalue weighted by Gasteiger charge is 2.26. The number of aliphatic hydroxyl groups is 1. The molecule has 94 valence electrons. The molecule has 4 nitrogen and oxygen atoms in total. The summed E-state index contributed by atoms with van der Waals surface area (Å²) in [6.07, 6.45) is 0.815. The van der Waals surface area contributed by atoms with Crippen LogP contribution in [0.3, 0.4) is 0 Å². The molecule has 1 aliphatic rings. The molecule has 17 heavy (non-hydrogen) atoms. The zero-order valence-electron chi connectivity index (χ0n) is 9.93. The first-order valence-corrected chi connectivity index (χ1v) is 6.72. The molecule has 2 rings (SSSR count). The van der Waals surface area contributed by atoms with Crippen LogP contribution in [-0.4, -0.2) is 35.1 Å². The van der Waals surface area contributed by atoms with E-state index < -0.39 is 0 Å². The van der Waals surface area contributed by atoms with Gasteiger partial charge in [-0.3, -0.25) is 9.69 Å². The number of carbonyl (C=O) groups excluding carboxylic acids is 1. The van der Waals surface area contributed by atoms with Gasteiger partial charge < -0.3 is 10.8 Å². The molecule has 1 saturated heterocycles. The fourth-order valence-corrected chi connectivity index (χ4v) is 3.13. The maximum atomic E-state index is 11.0. The first-order chi connectivity index (χ1) is 8.06. The second-order valence-corrected chi connectivity index (χ2v) is 5.69. The van der Waals surface area contributed by atoms with Crippen molar-refractivity contribution in [2.75, 3.05) is 13.1 Å². The molecule has 3 N–H and O–H groups in total. The van der Waals surface area contributed by atoms with Gasteiger partial charge in [-0.25, -0.2) is 0 Å². The summed E-state index contributed by atoms with van der Waals surface area (Å²) in [5, 5.41) is 11.3. The van der Waals surface area contributed by atoms with Crippen LogP contribution in [0, 0.1) is 5.92 Å². The van der Waals surface area contributed by atoms with E-state index in [9.17, 15) is 9.90 Å². The highest BCUT2D eigenvalue weighted by Crippen LogP contribution is 2.23. The molecule has 1 aromatic heterocycles. The Morgan fingerprint density at radius 3 is 3.06 bits per heavy atom. The first kappa shape index (κ1) is 12.5. The third-order valence-electron chi connectivity index (χ3n) is 3.31. The Hall–Kier alpha value is -0.910. The Morgan fingerprint density at radius 2 is 2.53 bits per heavy atom. The molecule has 0 aromatic carbocycles. The van der Waals surface area contributed by atoms with E-state index in [4.69, 9.17) is 5.73 Å². The van der Waals surface area contributed by atoms with E-state index in [0.717, 1.165) is 30.9 Å². The summed E-state index contributed by atoms with van der Waals surface area (Å²) in [6.45, 7) is 4.65. The molecule has 1 amide bonds. The number of nitrogens with zero attached hydrogens (tertiary/aromatic N) is 1. The van der Waals surface area contributed by atoms with Crippen molar-refractivity contribution in [3.8, 4) is 0 Å². The van der Waals surface area contributed by atoms with Gasteiger partial charge in [-0.1, -0.05) is 0 Å². The predicted octanol–water partition coefficient (Wildman–Crippen LogP) is 1.05. The van der Waals surface area contributed by atoms with Crippen molar-refractivity contribution in [2.45, 2.75) is 26.0 Å². The number of primary amides is 1.